The molecule has 0 saturated heterocycles. The van der Waals surface area contributed by atoms with Crippen molar-refractivity contribution < 1.29 is 0 Å². The molecule has 0 bridgehead atoms. The fraction of sp³-hybridized carbons (Fsp3) is 0.538. The van der Waals surface area contributed by atoms with E-state index < -0.39 is 0 Å². The number of hydrogen-bond acceptors (Lipinski definition) is 2. The maximum absolute atomic E-state index is 6.02. The lowest BCUT2D eigenvalue weighted by atomic mass is 10.1. The third-order valence-electron chi connectivity index (χ3n) is 2.50. The number of halogens is 1. The first-order valence-electron chi connectivity index (χ1n) is 5.84. The Bertz CT molecular complexity index is 328. The first-order chi connectivity index (χ1) is 7.67. The standard InChI is InChI=1S/C13H20ClNS/c1-3-7-16-13-9-11(14)6-5-10(13)8-12(15)4-2/h5-6,9,12H,3-4,7-8,15H2,1-2H3. The number of thioether (sulfide) groups is 1. The Morgan fingerprint density at radius 2 is 2.12 bits per heavy atom. The van der Waals surface area contributed by atoms with Crippen LogP contribution in [-0.4, -0.2) is 11.8 Å². The van der Waals surface area contributed by atoms with Crippen molar-refractivity contribution in [2.24, 2.45) is 5.73 Å². The summed E-state index contributed by atoms with van der Waals surface area (Å²) in [6, 6.07) is 6.37. The van der Waals surface area contributed by atoms with E-state index in [-0.39, 0.29) is 6.04 Å². The zero-order valence-corrected chi connectivity index (χ0v) is 11.6. The molecule has 0 aromatic heterocycles. The SMILES string of the molecule is CCCSc1cc(Cl)ccc1CC(N)CC. The minimum atomic E-state index is 0.252. The van der Waals surface area contributed by atoms with E-state index in [1.165, 1.54) is 16.9 Å². The largest absolute Gasteiger partial charge is 0.327 e. The molecule has 2 N–H and O–H groups in total. The Labute approximate surface area is 108 Å². The quantitative estimate of drug-likeness (QED) is 0.776. The first-order valence-corrected chi connectivity index (χ1v) is 7.20. The van der Waals surface area contributed by atoms with Crippen LogP contribution < -0.4 is 5.73 Å². The van der Waals surface area contributed by atoms with Gasteiger partial charge in [-0.2, -0.15) is 0 Å². The third-order valence-corrected chi connectivity index (χ3v) is 4.04. The molecule has 0 aliphatic heterocycles. The summed E-state index contributed by atoms with van der Waals surface area (Å²) >= 11 is 7.90. The van der Waals surface area contributed by atoms with Crippen molar-refractivity contribution in [3.63, 3.8) is 0 Å². The molecule has 0 aliphatic rings. The fourth-order valence-corrected chi connectivity index (χ4v) is 2.68. The van der Waals surface area contributed by atoms with Crippen molar-refractivity contribution >= 4 is 23.4 Å². The molecule has 90 valence electrons. The van der Waals surface area contributed by atoms with E-state index in [4.69, 9.17) is 17.3 Å². The molecule has 0 fully saturated rings. The molecule has 1 aromatic rings. The van der Waals surface area contributed by atoms with Crippen molar-refractivity contribution in [3.05, 3.63) is 28.8 Å². The number of nitrogens with two attached hydrogens (primary N) is 1. The molecule has 0 heterocycles. The molecular weight excluding hydrogens is 238 g/mol. The molecule has 1 nitrogen and oxygen atoms in total. The van der Waals surface area contributed by atoms with Gasteiger partial charge in [-0.15, -0.1) is 11.8 Å². The van der Waals surface area contributed by atoms with Gasteiger partial charge in [0.15, 0.2) is 0 Å². The minimum absolute atomic E-state index is 0.252. The lowest BCUT2D eigenvalue weighted by molar-refractivity contribution is 0.641. The molecule has 3 heteroatoms. The van der Waals surface area contributed by atoms with Gasteiger partial charge in [-0.1, -0.05) is 31.5 Å². The predicted molar refractivity (Wildman–Crippen MR) is 74.4 cm³/mol. The van der Waals surface area contributed by atoms with Crippen LogP contribution >= 0.6 is 23.4 Å². The van der Waals surface area contributed by atoms with Crippen molar-refractivity contribution in [2.75, 3.05) is 5.75 Å². The first kappa shape index (κ1) is 13.9. The van der Waals surface area contributed by atoms with Crippen LogP contribution in [0.2, 0.25) is 5.02 Å². The van der Waals surface area contributed by atoms with Gasteiger partial charge in [-0.25, -0.2) is 0 Å². The Balaban J connectivity index is 2.80. The van der Waals surface area contributed by atoms with E-state index in [2.05, 4.69) is 26.0 Å². The van der Waals surface area contributed by atoms with Crippen LogP contribution in [0.3, 0.4) is 0 Å². The van der Waals surface area contributed by atoms with E-state index in [1.807, 2.05) is 17.8 Å². The molecule has 0 saturated carbocycles. The van der Waals surface area contributed by atoms with Crippen LogP contribution in [0.25, 0.3) is 0 Å². The zero-order valence-electron chi connectivity index (χ0n) is 10.0. The smallest absolute Gasteiger partial charge is 0.0417 e. The van der Waals surface area contributed by atoms with Crippen molar-refractivity contribution in [2.45, 2.75) is 44.0 Å². The highest BCUT2D eigenvalue weighted by atomic mass is 35.5. The summed E-state index contributed by atoms with van der Waals surface area (Å²) in [6.07, 6.45) is 3.14. The lowest BCUT2D eigenvalue weighted by Gasteiger charge is -2.13. The molecule has 16 heavy (non-hydrogen) atoms. The molecule has 0 amide bonds. The summed E-state index contributed by atoms with van der Waals surface area (Å²) < 4.78 is 0. The second-order valence-electron chi connectivity index (χ2n) is 3.97. The van der Waals surface area contributed by atoms with Crippen LogP contribution in [0.15, 0.2) is 23.1 Å². The summed E-state index contributed by atoms with van der Waals surface area (Å²) in [5.41, 5.74) is 7.33. The Hall–Kier alpha value is -0.180. The van der Waals surface area contributed by atoms with E-state index in [0.29, 0.717) is 0 Å². The van der Waals surface area contributed by atoms with Crippen molar-refractivity contribution in [3.8, 4) is 0 Å². The predicted octanol–water partition coefficient (Wildman–Crippen LogP) is 4.12. The van der Waals surface area contributed by atoms with Gasteiger partial charge in [0.05, 0.1) is 0 Å². The molecule has 0 aliphatic carbocycles. The van der Waals surface area contributed by atoms with Gasteiger partial charge in [0.2, 0.25) is 0 Å². The van der Waals surface area contributed by atoms with Gasteiger partial charge in [0, 0.05) is 16.0 Å². The average Bonchev–Trinajstić information content (AvgIpc) is 2.29. The minimum Gasteiger partial charge on any atom is -0.327 e. The van der Waals surface area contributed by atoms with Crippen LogP contribution in [0.1, 0.15) is 32.3 Å². The maximum Gasteiger partial charge on any atom is 0.0417 e. The average molecular weight is 258 g/mol. The number of hydrogen-bond donors (Lipinski definition) is 1. The third kappa shape index (κ3) is 4.36. The van der Waals surface area contributed by atoms with Gasteiger partial charge in [0.25, 0.3) is 0 Å². The molecule has 1 atom stereocenters. The monoisotopic (exact) mass is 257 g/mol. The number of benzene rings is 1. The highest BCUT2D eigenvalue weighted by Gasteiger charge is 2.07. The van der Waals surface area contributed by atoms with Crippen molar-refractivity contribution in [1.82, 2.24) is 0 Å². The number of rotatable bonds is 6. The van der Waals surface area contributed by atoms with E-state index >= 15 is 0 Å². The second-order valence-corrected chi connectivity index (χ2v) is 5.55. The van der Waals surface area contributed by atoms with Crippen LogP contribution in [-0.2, 0) is 6.42 Å². The zero-order chi connectivity index (χ0) is 12.0. The Morgan fingerprint density at radius 3 is 2.75 bits per heavy atom. The van der Waals surface area contributed by atoms with E-state index in [9.17, 15) is 0 Å². The highest BCUT2D eigenvalue weighted by Crippen LogP contribution is 2.27. The summed E-state index contributed by atoms with van der Waals surface area (Å²) in [5, 5.41) is 0.812. The van der Waals surface area contributed by atoms with E-state index in [1.54, 1.807) is 0 Å². The summed E-state index contributed by atoms with van der Waals surface area (Å²) in [6.45, 7) is 4.31. The normalized spacial score (nSPS) is 12.8. The van der Waals surface area contributed by atoms with Gasteiger partial charge >= 0.3 is 0 Å². The van der Waals surface area contributed by atoms with Crippen LogP contribution in [0.4, 0.5) is 0 Å². The highest BCUT2D eigenvalue weighted by molar-refractivity contribution is 7.99. The maximum atomic E-state index is 6.02. The summed E-state index contributed by atoms with van der Waals surface area (Å²) in [4.78, 5) is 1.29. The molecule has 1 rings (SSSR count). The van der Waals surface area contributed by atoms with Gasteiger partial charge in [-0.3, -0.25) is 0 Å². The van der Waals surface area contributed by atoms with Gasteiger partial charge < -0.3 is 5.73 Å². The molecular formula is C13H20ClNS. The lowest BCUT2D eigenvalue weighted by Crippen LogP contribution is -2.21. The van der Waals surface area contributed by atoms with Crippen LogP contribution in [0.5, 0.6) is 0 Å². The summed E-state index contributed by atoms with van der Waals surface area (Å²) in [7, 11) is 0. The van der Waals surface area contributed by atoms with Gasteiger partial charge in [-0.05, 0) is 42.7 Å². The fourth-order valence-electron chi connectivity index (χ4n) is 1.47. The Morgan fingerprint density at radius 1 is 1.38 bits per heavy atom. The molecule has 0 radical (unpaired) electrons. The van der Waals surface area contributed by atoms with Gasteiger partial charge in [0.1, 0.15) is 0 Å². The molecule has 0 spiro atoms. The van der Waals surface area contributed by atoms with Crippen molar-refractivity contribution in [1.29, 1.82) is 0 Å². The second kappa shape index (κ2) is 7.21. The van der Waals surface area contributed by atoms with E-state index in [0.717, 1.165) is 23.6 Å². The Kier molecular flexibility index (Phi) is 6.25. The van der Waals surface area contributed by atoms with Crippen LogP contribution in [0, 0.1) is 0 Å². The molecule has 1 aromatic carbocycles. The topological polar surface area (TPSA) is 26.0 Å². The summed E-state index contributed by atoms with van der Waals surface area (Å²) in [5.74, 6) is 1.13. The molecule has 1 unspecified atom stereocenters.